The van der Waals surface area contributed by atoms with Gasteiger partial charge >= 0.3 is 15.1 Å². The van der Waals surface area contributed by atoms with Crippen LogP contribution in [0.15, 0.2) is 23.8 Å². The zero-order valence-electron chi connectivity index (χ0n) is 21.6. The normalized spacial score (nSPS) is 35.4. The van der Waals surface area contributed by atoms with E-state index < -0.39 is 76.9 Å². The van der Waals surface area contributed by atoms with Crippen molar-refractivity contribution in [3.8, 4) is 0 Å². The van der Waals surface area contributed by atoms with Gasteiger partial charge in [-0.3, -0.25) is 32.5 Å². The number of fused-ring (bicyclic) bond motifs is 5. The summed E-state index contributed by atoms with van der Waals surface area (Å²) >= 11 is 4.06. The van der Waals surface area contributed by atoms with E-state index >= 15 is 4.39 Å². The van der Waals surface area contributed by atoms with Gasteiger partial charge in [-0.25, -0.2) is 28.9 Å². The Labute approximate surface area is 245 Å². The SMILES string of the molecule is Nc1nc2c(ncn2[C@@H]2O[C@@H]3CO[PH](=O)O[C@H]4C[C@H](n5cnc6c(N)ncnc65)O[C@@H]4COP(=O)(S)O[C@@H]2[C@@H]3F)c(=O)[nH]1. The van der Waals surface area contributed by atoms with Gasteiger partial charge in [-0.15, -0.1) is 0 Å². The van der Waals surface area contributed by atoms with Crippen LogP contribution in [0.1, 0.15) is 18.9 Å². The summed E-state index contributed by atoms with van der Waals surface area (Å²) in [5.74, 6) is -0.0527. The fourth-order valence-electron chi connectivity index (χ4n) is 5.18. The molecule has 3 fully saturated rings. The lowest BCUT2D eigenvalue weighted by Crippen LogP contribution is -2.32. The minimum atomic E-state index is -4.32. The molecule has 4 aromatic rings. The van der Waals surface area contributed by atoms with Crippen LogP contribution < -0.4 is 17.0 Å². The number of hydrogen-bond acceptors (Lipinski definition) is 16. The first kappa shape index (κ1) is 28.8. The van der Waals surface area contributed by atoms with E-state index in [9.17, 15) is 13.9 Å². The first-order valence-electron chi connectivity index (χ1n) is 12.7. The maximum atomic E-state index is 15.7. The van der Waals surface area contributed by atoms with Gasteiger partial charge in [0.2, 0.25) is 5.95 Å². The summed E-state index contributed by atoms with van der Waals surface area (Å²) < 4.78 is 78.8. The molecule has 2 unspecified atom stereocenters. The zero-order valence-corrected chi connectivity index (χ0v) is 24.4. The molecule has 23 heteroatoms. The minimum absolute atomic E-state index is 0.0474. The first-order chi connectivity index (χ1) is 20.6. The summed E-state index contributed by atoms with van der Waals surface area (Å²) in [5.41, 5.74) is 11.5. The number of nitrogens with two attached hydrogens (primary N) is 2. The number of alkyl halides is 1. The van der Waals surface area contributed by atoms with Crippen molar-refractivity contribution in [3.05, 3.63) is 29.3 Å². The van der Waals surface area contributed by atoms with Crippen molar-refractivity contribution >= 4 is 61.4 Å². The average Bonchev–Trinajstić information content (AvgIpc) is 3.72. The first-order valence-corrected chi connectivity index (χ1v) is 16.6. The maximum absolute atomic E-state index is 15.7. The number of imidazole rings is 2. The average molecular weight is 660 g/mol. The number of halogens is 1. The van der Waals surface area contributed by atoms with Crippen LogP contribution in [0.25, 0.3) is 22.3 Å². The van der Waals surface area contributed by atoms with Crippen molar-refractivity contribution in [3.63, 3.8) is 0 Å². The van der Waals surface area contributed by atoms with Crippen LogP contribution >= 0.6 is 27.3 Å². The van der Waals surface area contributed by atoms with Crippen molar-refractivity contribution in [2.45, 2.75) is 49.5 Å². The van der Waals surface area contributed by atoms with E-state index in [-0.39, 0.29) is 29.4 Å². The minimum Gasteiger partial charge on any atom is -0.382 e. The molecule has 3 aliphatic rings. The van der Waals surface area contributed by atoms with Crippen LogP contribution in [0.3, 0.4) is 0 Å². The highest BCUT2D eigenvalue weighted by Gasteiger charge is 2.51. The molecule has 7 rings (SSSR count). The van der Waals surface area contributed by atoms with E-state index in [2.05, 4.69) is 42.2 Å². The van der Waals surface area contributed by atoms with Gasteiger partial charge in [0.25, 0.3) is 5.56 Å². The van der Waals surface area contributed by atoms with Gasteiger partial charge in [0.15, 0.2) is 35.0 Å². The topological polar surface area (TPSA) is 249 Å². The molecule has 4 aromatic heterocycles. The molecule has 3 aliphatic heterocycles. The lowest BCUT2D eigenvalue weighted by molar-refractivity contribution is -0.0555. The summed E-state index contributed by atoms with van der Waals surface area (Å²) in [6.07, 6.45) is -4.84. The molecule has 230 valence electrons. The van der Waals surface area contributed by atoms with Gasteiger partial charge < -0.3 is 30.0 Å². The van der Waals surface area contributed by atoms with Gasteiger partial charge in [-0.05, 0) is 0 Å². The number of hydrogen-bond donors (Lipinski definition) is 4. The molecule has 0 aromatic carbocycles. The van der Waals surface area contributed by atoms with E-state index in [1.54, 1.807) is 4.57 Å². The highest BCUT2D eigenvalue weighted by atomic mass is 32.7. The predicted octanol–water partition coefficient (Wildman–Crippen LogP) is 0.892. The Morgan fingerprint density at radius 1 is 1.05 bits per heavy atom. The molecule has 3 saturated heterocycles. The standard InChI is InChI=1S/C20H23FN10O9P2S/c21-11-9-2-35-41(33)39-7-1-10(30-5-26-12-15(22)24-4-25-16(12)30)37-8(7)3-36-42(34,43)40-14(11)19(38-9)31-6-27-13-17(31)28-20(23)29-18(13)32/h4-11,14,19,41H,1-3H2,(H,34,43)(H2,22,24,25)(H3,23,28,29,32)/t7-,8+,9+,10+,11+,14+,19+,42?/m0/s1. The Morgan fingerprint density at radius 2 is 1.84 bits per heavy atom. The molecular weight excluding hydrogens is 637 g/mol. The van der Waals surface area contributed by atoms with Crippen LogP contribution in [-0.4, -0.2) is 82.8 Å². The van der Waals surface area contributed by atoms with Crippen LogP contribution in [0.2, 0.25) is 0 Å². The lowest BCUT2D eigenvalue weighted by Gasteiger charge is -2.25. The number of nitrogens with one attached hydrogen (secondary N) is 1. The molecule has 0 aliphatic carbocycles. The molecule has 2 bridgehead atoms. The lowest BCUT2D eigenvalue weighted by atomic mass is 10.1. The third kappa shape index (κ3) is 5.23. The summed E-state index contributed by atoms with van der Waals surface area (Å²) in [4.78, 5) is 35.0. The van der Waals surface area contributed by atoms with E-state index in [1.165, 1.54) is 17.2 Å². The van der Waals surface area contributed by atoms with Gasteiger partial charge in [0.1, 0.15) is 36.4 Å². The second-order valence-electron chi connectivity index (χ2n) is 9.78. The number of aromatic amines is 1. The van der Waals surface area contributed by atoms with E-state index in [0.29, 0.717) is 11.2 Å². The fourth-order valence-corrected chi connectivity index (χ4v) is 7.50. The monoisotopic (exact) mass is 660 g/mol. The number of ether oxygens (including phenoxy) is 2. The number of H-pyrrole nitrogens is 1. The number of anilines is 2. The number of rotatable bonds is 2. The van der Waals surface area contributed by atoms with E-state index in [0.717, 1.165) is 6.33 Å². The molecule has 9 atom stereocenters. The fraction of sp³-hybridized carbons (Fsp3) is 0.500. The van der Waals surface area contributed by atoms with Crippen molar-refractivity contribution in [2.75, 3.05) is 24.7 Å². The van der Waals surface area contributed by atoms with Crippen molar-refractivity contribution in [2.24, 2.45) is 0 Å². The highest BCUT2D eigenvalue weighted by molar-refractivity contribution is 8.44. The largest absolute Gasteiger partial charge is 0.386 e. The predicted molar refractivity (Wildman–Crippen MR) is 147 cm³/mol. The molecule has 7 heterocycles. The molecule has 19 nitrogen and oxygen atoms in total. The van der Waals surface area contributed by atoms with Gasteiger partial charge in [0.05, 0.1) is 32.0 Å². The number of thiol groups is 1. The quantitative estimate of drug-likeness (QED) is 0.172. The molecule has 43 heavy (non-hydrogen) atoms. The molecule has 0 saturated carbocycles. The second-order valence-corrected chi connectivity index (χ2v) is 13.7. The van der Waals surface area contributed by atoms with Crippen LogP contribution in [0.5, 0.6) is 0 Å². The summed E-state index contributed by atoms with van der Waals surface area (Å²) in [7, 11) is -3.24. The van der Waals surface area contributed by atoms with Gasteiger partial charge in [-0.2, -0.15) is 4.98 Å². The Balaban J connectivity index is 1.17. The zero-order chi connectivity index (χ0) is 30.0. The highest BCUT2D eigenvalue weighted by Crippen LogP contribution is 2.58. The Hall–Kier alpha value is -3.00. The summed E-state index contributed by atoms with van der Waals surface area (Å²) in [6, 6.07) is 0. The number of nitrogens with zero attached hydrogens (tertiary/aromatic N) is 7. The third-order valence-corrected chi connectivity index (χ3v) is 9.65. The molecular formula is C20H23FN10O9P2S. The van der Waals surface area contributed by atoms with Crippen molar-refractivity contribution in [1.29, 1.82) is 0 Å². The number of aromatic nitrogens is 8. The number of nitrogen functional groups attached to an aromatic ring is 2. The smallest absolute Gasteiger partial charge is 0.382 e. The Kier molecular flexibility index (Phi) is 7.26. The van der Waals surface area contributed by atoms with Crippen LogP contribution in [0.4, 0.5) is 16.2 Å². The van der Waals surface area contributed by atoms with Crippen molar-refractivity contribution in [1.82, 2.24) is 39.0 Å². The summed E-state index contributed by atoms with van der Waals surface area (Å²) in [6.45, 7) is -5.26. The van der Waals surface area contributed by atoms with Crippen molar-refractivity contribution < 1.29 is 41.1 Å². The van der Waals surface area contributed by atoms with E-state index in [4.69, 9.17) is 39.0 Å². The molecule has 0 amide bonds. The van der Waals surface area contributed by atoms with Gasteiger partial charge in [0, 0.05) is 6.42 Å². The van der Waals surface area contributed by atoms with E-state index in [1.807, 2.05) is 0 Å². The van der Waals surface area contributed by atoms with Crippen LogP contribution in [-0.2, 0) is 36.7 Å². The molecule has 0 spiro atoms. The third-order valence-electron chi connectivity index (χ3n) is 7.14. The second kappa shape index (κ2) is 10.9. The van der Waals surface area contributed by atoms with Crippen LogP contribution in [0, 0.1) is 0 Å². The molecule has 0 radical (unpaired) electrons. The van der Waals surface area contributed by atoms with Gasteiger partial charge in [-0.1, -0.05) is 12.2 Å². The maximum Gasteiger partial charge on any atom is 0.386 e. The molecule has 5 N–H and O–H groups in total. The Bertz CT molecular complexity index is 1840. The Morgan fingerprint density at radius 3 is 2.67 bits per heavy atom. The summed E-state index contributed by atoms with van der Waals surface area (Å²) in [5, 5.41) is 0.